The molecule has 1 fully saturated rings. The highest BCUT2D eigenvalue weighted by Crippen LogP contribution is 2.49. The number of nitrogens with zero attached hydrogens (tertiary/aromatic N) is 1. The van der Waals surface area contributed by atoms with E-state index in [4.69, 9.17) is 9.47 Å². The van der Waals surface area contributed by atoms with Crippen molar-refractivity contribution in [2.45, 2.75) is 38.6 Å². The Labute approximate surface area is 198 Å². The Kier molecular flexibility index (Phi) is 5.40. The first-order valence-corrected chi connectivity index (χ1v) is 11.3. The summed E-state index contributed by atoms with van der Waals surface area (Å²) < 4.78 is 11.9. The van der Waals surface area contributed by atoms with Gasteiger partial charge in [-0.2, -0.15) is 0 Å². The van der Waals surface area contributed by atoms with Gasteiger partial charge < -0.3 is 20.1 Å². The minimum absolute atomic E-state index is 0.186. The molecule has 34 heavy (non-hydrogen) atoms. The highest BCUT2D eigenvalue weighted by atomic mass is 16.5. The maximum absolute atomic E-state index is 13.2. The van der Waals surface area contributed by atoms with Crippen molar-refractivity contribution in [1.82, 2.24) is 10.6 Å². The Bertz CT molecular complexity index is 1260. The maximum Gasteiger partial charge on any atom is 0.325 e. The summed E-state index contributed by atoms with van der Waals surface area (Å²) in [4.78, 5) is 27.6. The van der Waals surface area contributed by atoms with Gasteiger partial charge in [0.25, 0.3) is 5.91 Å². The van der Waals surface area contributed by atoms with Gasteiger partial charge in [0.1, 0.15) is 0 Å². The minimum atomic E-state index is -0.939. The van der Waals surface area contributed by atoms with Crippen LogP contribution in [0.2, 0.25) is 0 Å². The second-order valence-electron chi connectivity index (χ2n) is 8.92. The van der Waals surface area contributed by atoms with Crippen LogP contribution < -0.4 is 25.0 Å². The number of methoxy groups -OCH3 is 1. The molecule has 0 radical (unpaired) electrons. The molecule has 2 aliphatic heterocycles. The van der Waals surface area contributed by atoms with E-state index in [0.717, 1.165) is 11.1 Å². The molecule has 7 nitrogen and oxygen atoms in total. The Hall–Kier alpha value is -4.00. The van der Waals surface area contributed by atoms with Gasteiger partial charge in [-0.25, -0.2) is 4.79 Å². The van der Waals surface area contributed by atoms with Gasteiger partial charge in [0, 0.05) is 24.1 Å². The van der Waals surface area contributed by atoms with Crippen molar-refractivity contribution in [2.24, 2.45) is 0 Å². The monoisotopic (exact) mass is 457 g/mol. The molecule has 7 heteroatoms. The fourth-order valence-corrected chi connectivity index (χ4v) is 4.69. The van der Waals surface area contributed by atoms with E-state index in [1.807, 2.05) is 62.4 Å². The molecule has 174 valence electrons. The summed E-state index contributed by atoms with van der Waals surface area (Å²) in [6.07, 6.45) is 0.558. The van der Waals surface area contributed by atoms with Crippen LogP contribution in [-0.4, -0.2) is 24.8 Å². The average Bonchev–Trinajstić information content (AvgIpc) is 2.83. The molecule has 2 N–H and O–H groups in total. The maximum atomic E-state index is 13.2. The summed E-state index contributed by atoms with van der Waals surface area (Å²) in [5.74, 6) is 1.04. The Morgan fingerprint density at radius 3 is 2.71 bits per heavy atom. The van der Waals surface area contributed by atoms with Gasteiger partial charge in [0.05, 0.1) is 18.8 Å². The van der Waals surface area contributed by atoms with E-state index in [0.29, 0.717) is 35.7 Å². The van der Waals surface area contributed by atoms with Crippen molar-refractivity contribution in [3.05, 3.63) is 89.0 Å². The van der Waals surface area contributed by atoms with E-state index < -0.39 is 5.72 Å². The van der Waals surface area contributed by atoms with Crippen LogP contribution in [0.3, 0.4) is 0 Å². The second-order valence-corrected chi connectivity index (χ2v) is 8.92. The lowest BCUT2D eigenvalue weighted by Crippen LogP contribution is -2.65. The van der Waals surface area contributed by atoms with Gasteiger partial charge >= 0.3 is 6.03 Å². The summed E-state index contributed by atoms with van der Waals surface area (Å²) in [7, 11) is 1.60. The molecule has 2 bridgehead atoms. The zero-order valence-corrected chi connectivity index (χ0v) is 19.4. The van der Waals surface area contributed by atoms with Crippen molar-refractivity contribution in [1.29, 1.82) is 0 Å². The number of anilines is 1. The van der Waals surface area contributed by atoms with E-state index in [-0.39, 0.29) is 18.0 Å². The smallest absolute Gasteiger partial charge is 0.325 e. The Morgan fingerprint density at radius 2 is 1.94 bits per heavy atom. The number of hydrogen-bond acceptors (Lipinski definition) is 4. The lowest BCUT2D eigenvalue weighted by Gasteiger charge is -2.50. The van der Waals surface area contributed by atoms with Crippen molar-refractivity contribution in [3.8, 4) is 11.5 Å². The lowest BCUT2D eigenvalue weighted by atomic mass is 9.89. The summed E-state index contributed by atoms with van der Waals surface area (Å²) in [6.45, 7) is 4.34. The quantitative estimate of drug-likeness (QED) is 0.582. The first kappa shape index (κ1) is 21.8. The van der Waals surface area contributed by atoms with Crippen molar-refractivity contribution in [2.75, 3.05) is 12.0 Å². The molecular weight excluding hydrogens is 430 g/mol. The van der Waals surface area contributed by atoms with E-state index >= 15 is 0 Å². The molecule has 0 unspecified atom stereocenters. The van der Waals surface area contributed by atoms with Gasteiger partial charge in [-0.15, -0.1) is 0 Å². The number of amides is 3. The zero-order chi connectivity index (χ0) is 23.9. The molecule has 2 atom stereocenters. The second kappa shape index (κ2) is 8.41. The largest absolute Gasteiger partial charge is 0.493 e. The predicted molar refractivity (Wildman–Crippen MR) is 129 cm³/mol. The Balaban J connectivity index is 1.41. The van der Waals surface area contributed by atoms with E-state index in [1.165, 1.54) is 5.56 Å². The molecule has 1 saturated heterocycles. The molecule has 2 aliphatic rings. The number of nitrogens with one attached hydrogen (secondary N) is 2. The molecule has 3 aromatic carbocycles. The first-order valence-electron chi connectivity index (χ1n) is 11.3. The van der Waals surface area contributed by atoms with Gasteiger partial charge in [-0.1, -0.05) is 48.0 Å². The van der Waals surface area contributed by atoms with Gasteiger partial charge in [0.15, 0.2) is 17.2 Å². The summed E-state index contributed by atoms with van der Waals surface area (Å²) >= 11 is 0. The first-order chi connectivity index (χ1) is 16.4. The third-order valence-electron chi connectivity index (χ3n) is 6.42. The zero-order valence-electron chi connectivity index (χ0n) is 19.4. The fraction of sp³-hybridized carbons (Fsp3) is 0.259. The molecule has 5 rings (SSSR count). The number of aryl methyl sites for hydroxylation is 1. The van der Waals surface area contributed by atoms with E-state index in [1.54, 1.807) is 30.2 Å². The minimum Gasteiger partial charge on any atom is -0.493 e. The van der Waals surface area contributed by atoms with Gasteiger partial charge in [-0.3, -0.25) is 9.69 Å². The molecule has 3 aromatic rings. The molecular formula is C27H27N3O4. The van der Waals surface area contributed by atoms with Gasteiger partial charge in [0.2, 0.25) is 0 Å². The van der Waals surface area contributed by atoms with Crippen LogP contribution in [0, 0.1) is 6.92 Å². The van der Waals surface area contributed by atoms with Crippen LogP contribution in [0.4, 0.5) is 10.5 Å². The SMILES string of the molecule is COc1cccc2c1O[C@@]1(C)C[C@H]2NC(=O)N1c1cccc(C(=O)NCc2ccc(C)cc2)c1. The highest BCUT2D eigenvalue weighted by Gasteiger charge is 2.50. The summed E-state index contributed by atoms with van der Waals surface area (Å²) in [5.41, 5.74) is 3.20. The summed E-state index contributed by atoms with van der Waals surface area (Å²) in [6, 6.07) is 20.3. The van der Waals surface area contributed by atoms with Crippen LogP contribution in [0.5, 0.6) is 11.5 Å². The number of urea groups is 1. The van der Waals surface area contributed by atoms with E-state index in [2.05, 4.69) is 10.6 Å². The number of para-hydroxylation sites is 1. The van der Waals surface area contributed by atoms with Gasteiger partial charge in [-0.05, 0) is 43.7 Å². The molecule has 0 aliphatic carbocycles. The van der Waals surface area contributed by atoms with Crippen LogP contribution in [0.25, 0.3) is 0 Å². The molecule has 2 heterocycles. The number of fused-ring (bicyclic) bond motifs is 4. The molecule has 0 aromatic heterocycles. The number of hydrogen-bond donors (Lipinski definition) is 2. The lowest BCUT2D eigenvalue weighted by molar-refractivity contribution is 0.0349. The van der Waals surface area contributed by atoms with Crippen molar-refractivity contribution >= 4 is 17.6 Å². The molecule has 0 spiro atoms. The third kappa shape index (κ3) is 3.83. The topological polar surface area (TPSA) is 79.9 Å². The average molecular weight is 458 g/mol. The van der Waals surface area contributed by atoms with Crippen molar-refractivity contribution in [3.63, 3.8) is 0 Å². The molecule has 0 saturated carbocycles. The number of carbonyl (C=O) groups excluding carboxylic acids is 2. The Morgan fingerprint density at radius 1 is 1.18 bits per heavy atom. The number of rotatable bonds is 5. The number of benzene rings is 3. The third-order valence-corrected chi connectivity index (χ3v) is 6.42. The predicted octanol–water partition coefficient (Wildman–Crippen LogP) is 4.70. The number of ether oxygens (including phenoxy) is 2. The van der Waals surface area contributed by atoms with E-state index in [9.17, 15) is 9.59 Å². The van der Waals surface area contributed by atoms with Crippen LogP contribution in [0.1, 0.15) is 46.4 Å². The van der Waals surface area contributed by atoms with Crippen LogP contribution in [0.15, 0.2) is 66.7 Å². The number of carbonyl (C=O) groups is 2. The van der Waals surface area contributed by atoms with Crippen LogP contribution in [-0.2, 0) is 6.54 Å². The van der Waals surface area contributed by atoms with Crippen LogP contribution >= 0.6 is 0 Å². The molecule has 3 amide bonds. The van der Waals surface area contributed by atoms with Crippen molar-refractivity contribution < 1.29 is 19.1 Å². The summed E-state index contributed by atoms with van der Waals surface area (Å²) in [5, 5.41) is 6.03. The standard InChI is InChI=1S/C27H27N3O4/c1-17-10-12-18(13-11-17)16-28-25(31)19-6-4-7-20(14-19)30-26(32)29-22-15-27(30,2)34-24-21(22)8-5-9-23(24)33-3/h4-14,22H,15-16H2,1-3H3,(H,28,31)(H,29,32)/t22-,27+/m1/s1. The fourth-order valence-electron chi connectivity index (χ4n) is 4.69. The highest BCUT2D eigenvalue weighted by molar-refractivity contribution is 5.99. The normalized spacial score (nSPS) is 20.6.